The monoisotopic (exact) mass is 356 g/mol. The third-order valence-corrected chi connectivity index (χ3v) is 3.84. The van der Waals surface area contributed by atoms with Crippen molar-refractivity contribution in [3.05, 3.63) is 65.3 Å². The lowest BCUT2D eigenvalue weighted by molar-refractivity contribution is 0.0948. The van der Waals surface area contributed by atoms with Gasteiger partial charge < -0.3 is 14.8 Å². The van der Waals surface area contributed by atoms with Gasteiger partial charge in [-0.05, 0) is 24.3 Å². The first kappa shape index (κ1) is 17.0. The average molecular weight is 357 g/mol. The van der Waals surface area contributed by atoms with Crippen LogP contribution in [0.5, 0.6) is 11.5 Å². The van der Waals surface area contributed by atoms with Crippen LogP contribution in [0, 0.1) is 0 Å². The van der Waals surface area contributed by atoms with Crippen molar-refractivity contribution in [3.8, 4) is 11.5 Å². The molecule has 6 heteroatoms. The zero-order chi connectivity index (χ0) is 17.6. The van der Waals surface area contributed by atoms with Crippen LogP contribution >= 0.6 is 11.6 Å². The highest BCUT2D eigenvalue weighted by molar-refractivity contribution is 6.30. The van der Waals surface area contributed by atoms with E-state index in [4.69, 9.17) is 21.1 Å². The predicted octanol–water partition coefficient (Wildman–Crippen LogP) is 3.71. The van der Waals surface area contributed by atoms with Crippen LogP contribution in [0.25, 0.3) is 10.9 Å². The third-order valence-electron chi connectivity index (χ3n) is 3.64. The Morgan fingerprint density at radius 3 is 2.64 bits per heavy atom. The summed E-state index contributed by atoms with van der Waals surface area (Å²) in [5.74, 6) is 1.07. The number of pyridine rings is 1. The Hall–Kier alpha value is -2.79. The van der Waals surface area contributed by atoms with Gasteiger partial charge in [-0.2, -0.15) is 0 Å². The minimum atomic E-state index is -0.218. The first-order chi connectivity index (χ1) is 12.2. The normalized spacial score (nSPS) is 10.5. The SMILES string of the molecule is COc1ccccc1OCCNC(=O)c1cc(Cl)nc2ccccc12. The number of ether oxygens (including phenoxy) is 2. The molecule has 0 aliphatic carbocycles. The Bertz CT molecular complexity index is 899. The minimum Gasteiger partial charge on any atom is -0.493 e. The summed E-state index contributed by atoms with van der Waals surface area (Å²) in [4.78, 5) is 16.7. The number of aromatic nitrogens is 1. The van der Waals surface area contributed by atoms with Gasteiger partial charge in [0, 0.05) is 5.39 Å². The zero-order valence-corrected chi connectivity index (χ0v) is 14.4. The van der Waals surface area contributed by atoms with Crippen molar-refractivity contribution in [2.75, 3.05) is 20.3 Å². The van der Waals surface area contributed by atoms with E-state index in [0.29, 0.717) is 35.7 Å². The maximum Gasteiger partial charge on any atom is 0.252 e. The maximum atomic E-state index is 12.5. The number of hydrogen-bond acceptors (Lipinski definition) is 4. The highest BCUT2D eigenvalue weighted by Crippen LogP contribution is 2.25. The minimum absolute atomic E-state index is 0.218. The summed E-state index contributed by atoms with van der Waals surface area (Å²) >= 11 is 6.01. The Kier molecular flexibility index (Phi) is 5.36. The molecule has 3 aromatic rings. The van der Waals surface area contributed by atoms with Crippen LogP contribution in [-0.2, 0) is 0 Å². The van der Waals surface area contributed by atoms with Gasteiger partial charge >= 0.3 is 0 Å². The predicted molar refractivity (Wildman–Crippen MR) is 97.6 cm³/mol. The molecule has 3 rings (SSSR count). The second-order valence-corrected chi connectivity index (χ2v) is 5.65. The van der Waals surface area contributed by atoms with Gasteiger partial charge in [-0.15, -0.1) is 0 Å². The van der Waals surface area contributed by atoms with Crippen molar-refractivity contribution in [1.82, 2.24) is 10.3 Å². The van der Waals surface area contributed by atoms with E-state index < -0.39 is 0 Å². The number of amides is 1. The van der Waals surface area contributed by atoms with Gasteiger partial charge in [-0.3, -0.25) is 4.79 Å². The molecule has 0 unspecified atom stereocenters. The number of carbonyl (C=O) groups excluding carboxylic acids is 1. The molecule has 1 heterocycles. The number of methoxy groups -OCH3 is 1. The first-order valence-electron chi connectivity index (χ1n) is 7.78. The number of nitrogens with zero attached hydrogens (tertiary/aromatic N) is 1. The van der Waals surface area contributed by atoms with E-state index >= 15 is 0 Å². The molecule has 0 aliphatic rings. The van der Waals surface area contributed by atoms with E-state index in [1.54, 1.807) is 13.2 Å². The standard InChI is InChI=1S/C19H17ClN2O3/c1-24-16-8-4-5-9-17(16)25-11-10-21-19(23)14-12-18(20)22-15-7-3-2-6-13(14)15/h2-9,12H,10-11H2,1H3,(H,21,23). The molecule has 0 saturated heterocycles. The van der Waals surface area contributed by atoms with E-state index in [2.05, 4.69) is 10.3 Å². The highest BCUT2D eigenvalue weighted by Gasteiger charge is 2.12. The summed E-state index contributed by atoms with van der Waals surface area (Å²) in [7, 11) is 1.59. The average Bonchev–Trinajstić information content (AvgIpc) is 2.64. The van der Waals surface area contributed by atoms with Crippen LogP contribution < -0.4 is 14.8 Å². The van der Waals surface area contributed by atoms with E-state index in [1.807, 2.05) is 48.5 Å². The van der Waals surface area contributed by atoms with Gasteiger partial charge in [0.05, 0.1) is 24.7 Å². The molecule has 0 aliphatic heterocycles. The number of fused-ring (bicyclic) bond motifs is 1. The molecular weight excluding hydrogens is 340 g/mol. The topological polar surface area (TPSA) is 60.5 Å². The van der Waals surface area contributed by atoms with Crippen molar-refractivity contribution in [3.63, 3.8) is 0 Å². The van der Waals surface area contributed by atoms with Crippen LogP contribution in [0.4, 0.5) is 0 Å². The van der Waals surface area contributed by atoms with E-state index in [1.165, 1.54) is 0 Å². The van der Waals surface area contributed by atoms with E-state index in [9.17, 15) is 4.79 Å². The summed E-state index contributed by atoms with van der Waals surface area (Å²) in [5.41, 5.74) is 1.18. The molecule has 2 aromatic carbocycles. The quantitative estimate of drug-likeness (QED) is 0.540. The summed E-state index contributed by atoms with van der Waals surface area (Å²) in [6, 6.07) is 16.3. The number of rotatable bonds is 6. The van der Waals surface area contributed by atoms with Gasteiger partial charge in [0.2, 0.25) is 0 Å². The molecule has 25 heavy (non-hydrogen) atoms. The summed E-state index contributed by atoms with van der Waals surface area (Å²) in [6.07, 6.45) is 0. The van der Waals surface area contributed by atoms with Gasteiger partial charge in [0.1, 0.15) is 11.8 Å². The maximum absolute atomic E-state index is 12.5. The lowest BCUT2D eigenvalue weighted by Crippen LogP contribution is -2.28. The molecule has 5 nitrogen and oxygen atoms in total. The van der Waals surface area contributed by atoms with Crippen LogP contribution in [-0.4, -0.2) is 31.2 Å². The number of benzene rings is 2. The number of hydrogen-bond donors (Lipinski definition) is 1. The molecule has 1 aromatic heterocycles. The van der Waals surface area contributed by atoms with Gasteiger partial charge in [-0.25, -0.2) is 4.98 Å². The Labute approximate surface area is 150 Å². The van der Waals surface area contributed by atoms with Gasteiger partial charge in [-0.1, -0.05) is 41.9 Å². The molecule has 0 bridgehead atoms. The Morgan fingerprint density at radius 2 is 1.84 bits per heavy atom. The fraction of sp³-hybridized carbons (Fsp3) is 0.158. The fourth-order valence-corrected chi connectivity index (χ4v) is 2.69. The van der Waals surface area contributed by atoms with Gasteiger partial charge in [0.15, 0.2) is 11.5 Å². The van der Waals surface area contributed by atoms with E-state index in [0.717, 1.165) is 5.39 Å². The van der Waals surface area contributed by atoms with Crippen molar-refractivity contribution < 1.29 is 14.3 Å². The molecule has 0 spiro atoms. The first-order valence-corrected chi connectivity index (χ1v) is 8.16. The summed E-state index contributed by atoms with van der Waals surface area (Å²) in [5, 5.41) is 3.88. The van der Waals surface area contributed by atoms with Crippen LogP contribution in [0.15, 0.2) is 54.6 Å². The molecule has 0 saturated carbocycles. The number of halogens is 1. The fourth-order valence-electron chi connectivity index (χ4n) is 2.49. The molecule has 1 amide bonds. The lowest BCUT2D eigenvalue weighted by Gasteiger charge is -2.11. The lowest BCUT2D eigenvalue weighted by atomic mass is 10.1. The zero-order valence-electron chi connectivity index (χ0n) is 13.7. The number of nitrogens with one attached hydrogen (secondary N) is 1. The molecule has 0 radical (unpaired) electrons. The van der Waals surface area contributed by atoms with Crippen molar-refractivity contribution in [2.24, 2.45) is 0 Å². The number of para-hydroxylation sites is 3. The van der Waals surface area contributed by atoms with Crippen molar-refractivity contribution in [1.29, 1.82) is 0 Å². The number of carbonyl (C=O) groups is 1. The van der Waals surface area contributed by atoms with Crippen LogP contribution in [0.2, 0.25) is 5.15 Å². The van der Waals surface area contributed by atoms with Crippen LogP contribution in [0.3, 0.4) is 0 Å². The summed E-state index contributed by atoms with van der Waals surface area (Å²) < 4.78 is 10.9. The van der Waals surface area contributed by atoms with Crippen molar-refractivity contribution in [2.45, 2.75) is 0 Å². The Morgan fingerprint density at radius 1 is 1.12 bits per heavy atom. The summed E-state index contributed by atoms with van der Waals surface area (Å²) in [6.45, 7) is 0.675. The molecule has 128 valence electrons. The molecule has 0 fully saturated rings. The largest absolute Gasteiger partial charge is 0.493 e. The molecular formula is C19H17ClN2O3. The van der Waals surface area contributed by atoms with E-state index in [-0.39, 0.29) is 11.1 Å². The van der Waals surface area contributed by atoms with Crippen molar-refractivity contribution >= 4 is 28.4 Å². The second-order valence-electron chi connectivity index (χ2n) is 5.26. The smallest absolute Gasteiger partial charge is 0.252 e. The van der Waals surface area contributed by atoms with Crippen LogP contribution in [0.1, 0.15) is 10.4 Å². The Balaban J connectivity index is 1.64. The molecule has 0 atom stereocenters. The molecule has 1 N–H and O–H groups in total. The third kappa shape index (κ3) is 4.00. The second kappa shape index (κ2) is 7.85. The highest BCUT2D eigenvalue weighted by atomic mass is 35.5. The van der Waals surface area contributed by atoms with Gasteiger partial charge in [0.25, 0.3) is 5.91 Å².